The fourth-order valence-electron chi connectivity index (χ4n) is 1.34. The summed E-state index contributed by atoms with van der Waals surface area (Å²) in [6.07, 6.45) is 1.71. The van der Waals surface area contributed by atoms with Gasteiger partial charge >= 0.3 is 5.97 Å². The van der Waals surface area contributed by atoms with E-state index >= 15 is 0 Å². The van der Waals surface area contributed by atoms with Crippen LogP contribution < -0.4 is 0 Å². The van der Waals surface area contributed by atoms with Crippen LogP contribution in [0, 0.1) is 0 Å². The number of oxime groups is 1. The number of nitrogens with zero attached hydrogens (tertiary/aromatic N) is 1. The molecule has 70 valence electrons. The van der Waals surface area contributed by atoms with E-state index in [0.717, 1.165) is 5.56 Å². The molecule has 0 radical (unpaired) electrons. The zero-order chi connectivity index (χ0) is 9.97. The van der Waals surface area contributed by atoms with Gasteiger partial charge in [0.25, 0.3) is 0 Å². The zero-order valence-electron chi connectivity index (χ0n) is 7.73. The van der Waals surface area contributed by atoms with E-state index in [1.165, 1.54) is 0 Å². The van der Waals surface area contributed by atoms with Crippen LogP contribution in [-0.2, 0) is 9.63 Å². The van der Waals surface area contributed by atoms with Crippen LogP contribution in [0.3, 0.4) is 0 Å². The molecule has 1 aliphatic heterocycles. The highest BCUT2D eigenvalue weighted by atomic mass is 16.7. The summed E-state index contributed by atoms with van der Waals surface area (Å²) in [7, 11) is 0. The van der Waals surface area contributed by atoms with E-state index in [9.17, 15) is 4.79 Å². The summed E-state index contributed by atoms with van der Waals surface area (Å²) in [6, 6.07) is 9.49. The van der Waals surface area contributed by atoms with E-state index in [-0.39, 0.29) is 5.97 Å². The van der Waals surface area contributed by atoms with Gasteiger partial charge in [0.15, 0.2) is 0 Å². The third-order valence-corrected chi connectivity index (χ3v) is 2.03. The molecule has 0 aromatic heterocycles. The van der Waals surface area contributed by atoms with Crippen LogP contribution in [0.15, 0.2) is 47.1 Å². The third kappa shape index (κ3) is 1.33. The molecule has 14 heavy (non-hydrogen) atoms. The van der Waals surface area contributed by atoms with Gasteiger partial charge in [0.05, 0.1) is 5.57 Å². The maximum Gasteiger partial charge on any atom is 0.367 e. The van der Waals surface area contributed by atoms with Crippen molar-refractivity contribution in [3.05, 3.63) is 47.5 Å². The number of hydrogen-bond donors (Lipinski definition) is 0. The Labute approximate surface area is 81.7 Å². The molecular weight excluding hydrogens is 178 g/mol. The minimum absolute atomic E-state index is 0.383. The lowest BCUT2D eigenvalue weighted by molar-refractivity contribution is -0.136. The van der Waals surface area contributed by atoms with Gasteiger partial charge in [-0.15, -0.1) is 0 Å². The number of carbonyl (C=O) groups is 1. The Balaban J connectivity index is 2.42. The van der Waals surface area contributed by atoms with Crippen molar-refractivity contribution in [2.75, 3.05) is 0 Å². The first-order valence-electron chi connectivity index (χ1n) is 4.34. The monoisotopic (exact) mass is 187 g/mol. The van der Waals surface area contributed by atoms with Crippen LogP contribution in [-0.4, -0.2) is 11.7 Å². The van der Waals surface area contributed by atoms with E-state index in [0.29, 0.717) is 11.3 Å². The Hall–Kier alpha value is -1.90. The number of allylic oxidation sites excluding steroid dienone is 1. The van der Waals surface area contributed by atoms with Gasteiger partial charge in [-0.2, -0.15) is 0 Å². The second-order valence-electron chi connectivity index (χ2n) is 2.89. The molecule has 0 unspecified atom stereocenters. The first-order chi connectivity index (χ1) is 6.83. The largest absolute Gasteiger partial charge is 0.367 e. The van der Waals surface area contributed by atoms with Gasteiger partial charge < -0.3 is 4.84 Å². The highest BCUT2D eigenvalue weighted by Gasteiger charge is 2.25. The van der Waals surface area contributed by atoms with E-state index in [1.54, 1.807) is 13.0 Å². The number of hydrogen-bond acceptors (Lipinski definition) is 3. The molecule has 1 heterocycles. The number of carbonyl (C=O) groups excluding carboxylic acids is 1. The molecular formula is C11H9NO2. The first-order valence-corrected chi connectivity index (χ1v) is 4.34. The van der Waals surface area contributed by atoms with E-state index < -0.39 is 0 Å². The zero-order valence-corrected chi connectivity index (χ0v) is 7.73. The number of rotatable bonds is 1. The maximum absolute atomic E-state index is 11.2. The quantitative estimate of drug-likeness (QED) is 0.497. The van der Waals surface area contributed by atoms with Crippen LogP contribution in [0.1, 0.15) is 12.5 Å². The third-order valence-electron chi connectivity index (χ3n) is 2.03. The van der Waals surface area contributed by atoms with Crippen LogP contribution in [0.25, 0.3) is 0 Å². The minimum Gasteiger partial charge on any atom is -0.312 e. The van der Waals surface area contributed by atoms with Crippen LogP contribution in [0.5, 0.6) is 0 Å². The average Bonchev–Trinajstić information content (AvgIpc) is 2.61. The van der Waals surface area contributed by atoms with E-state index in [2.05, 4.69) is 9.99 Å². The Morgan fingerprint density at radius 1 is 1.29 bits per heavy atom. The molecule has 0 saturated carbocycles. The van der Waals surface area contributed by atoms with Crippen molar-refractivity contribution in [3.63, 3.8) is 0 Å². The van der Waals surface area contributed by atoms with Gasteiger partial charge in [-0.25, -0.2) is 4.79 Å². The second kappa shape index (κ2) is 3.46. The van der Waals surface area contributed by atoms with Crippen molar-refractivity contribution in [2.24, 2.45) is 5.16 Å². The molecule has 0 atom stereocenters. The van der Waals surface area contributed by atoms with Gasteiger partial charge in [-0.05, 0) is 6.92 Å². The Morgan fingerprint density at radius 2 is 2.00 bits per heavy atom. The van der Waals surface area contributed by atoms with Crippen molar-refractivity contribution in [1.82, 2.24) is 0 Å². The lowest BCUT2D eigenvalue weighted by Crippen LogP contribution is -2.06. The average molecular weight is 187 g/mol. The van der Waals surface area contributed by atoms with Gasteiger partial charge in [-0.1, -0.05) is 41.6 Å². The SMILES string of the molecule is CC=C1C(=O)ON=C1c1ccccc1. The van der Waals surface area contributed by atoms with Gasteiger partial charge in [-0.3, -0.25) is 0 Å². The van der Waals surface area contributed by atoms with E-state index in [4.69, 9.17) is 0 Å². The summed E-state index contributed by atoms with van der Waals surface area (Å²) < 4.78 is 0. The fraction of sp³-hybridized carbons (Fsp3) is 0.0909. The van der Waals surface area contributed by atoms with Crippen molar-refractivity contribution in [2.45, 2.75) is 6.92 Å². The van der Waals surface area contributed by atoms with Crippen LogP contribution >= 0.6 is 0 Å². The lowest BCUT2D eigenvalue weighted by atomic mass is 10.0. The molecule has 1 aromatic carbocycles. The first kappa shape index (κ1) is 8.69. The Bertz CT molecular complexity index is 418. The molecule has 0 bridgehead atoms. The number of benzene rings is 1. The lowest BCUT2D eigenvalue weighted by Gasteiger charge is -1.97. The summed E-state index contributed by atoms with van der Waals surface area (Å²) >= 11 is 0. The molecule has 0 N–H and O–H groups in total. The summed E-state index contributed by atoms with van der Waals surface area (Å²) in [5.74, 6) is -0.383. The Kier molecular flexibility index (Phi) is 2.14. The summed E-state index contributed by atoms with van der Waals surface area (Å²) in [5, 5.41) is 3.74. The van der Waals surface area contributed by atoms with Crippen LogP contribution in [0.2, 0.25) is 0 Å². The highest BCUT2D eigenvalue weighted by molar-refractivity contribution is 6.28. The standard InChI is InChI=1S/C11H9NO2/c1-2-9-10(12-14-11(9)13)8-6-4-3-5-7-8/h2-7H,1H3. The summed E-state index contributed by atoms with van der Waals surface area (Å²) in [4.78, 5) is 15.8. The molecule has 0 amide bonds. The molecule has 3 nitrogen and oxygen atoms in total. The van der Waals surface area contributed by atoms with E-state index in [1.807, 2.05) is 30.3 Å². The molecule has 2 rings (SSSR count). The summed E-state index contributed by atoms with van der Waals surface area (Å²) in [6.45, 7) is 1.79. The minimum atomic E-state index is -0.383. The predicted molar refractivity (Wildman–Crippen MR) is 52.8 cm³/mol. The highest BCUT2D eigenvalue weighted by Crippen LogP contribution is 2.17. The fourth-order valence-corrected chi connectivity index (χ4v) is 1.34. The molecule has 0 spiro atoms. The molecule has 0 aliphatic carbocycles. The maximum atomic E-state index is 11.2. The van der Waals surface area contributed by atoms with Gasteiger partial charge in [0, 0.05) is 5.56 Å². The predicted octanol–water partition coefficient (Wildman–Crippen LogP) is 1.89. The van der Waals surface area contributed by atoms with Crippen molar-refractivity contribution in [3.8, 4) is 0 Å². The van der Waals surface area contributed by atoms with Crippen molar-refractivity contribution >= 4 is 11.7 Å². The van der Waals surface area contributed by atoms with Crippen molar-refractivity contribution in [1.29, 1.82) is 0 Å². The van der Waals surface area contributed by atoms with Gasteiger partial charge in [0.2, 0.25) is 0 Å². The molecule has 0 fully saturated rings. The van der Waals surface area contributed by atoms with Crippen molar-refractivity contribution < 1.29 is 9.63 Å². The molecule has 0 saturated heterocycles. The molecule has 3 heteroatoms. The smallest absolute Gasteiger partial charge is 0.312 e. The summed E-state index contributed by atoms with van der Waals surface area (Å²) in [5.41, 5.74) is 2.03. The second-order valence-corrected chi connectivity index (χ2v) is 2.89. The van der Waals surface area contributed by atoms with Crippen LogP contribution in [0.4, 0.5) is 0 Å². The topological polar surface area (TPSA) is 38.7 Å². The molecule has 1 aliphatic rings. The Morgan fingerprint density at radius 3 is 2.64 bits per heavy atom. The molecule has 1 aromatic rings. The normalized spacial score (nSPS) is 18.2. The van der Waals surface area contributed by atoms with Gasteiger partial charge in [0.1, 0.15) is 5.71 Å².